The average molecular weight is 522 g/mol. The number of nitrogens with one attached hydrogen (secondary N) is 2. The van der Waals surface area contributed by atoms with Gasteiger partial charge in [-0.15, -0.1) is 0 Å². The second-order valence-corrected chi connectivity index (χ2v) is 9.21. The van der Waals surface area contributed by atoms with Crippen LogP contribution in [-0.4, -0.2) is 66.9 Å². The van der Waals surface area contributed by atoms with Gasteiger partial charge in [-0.25, -0.2) is 10.3 Å². The lowest BCUT2D eigenvalue weighted by Crippen LogP contribution is -2.65. The van der Waals surface area contributed by atoms with E-state index in [4.69, 9.17) is 14.7 Å². The first-order valence-corrected chi connectivity index (χ1v) is 12.7. The molecule has 9 heteroatoms. The van der Waals surface area contributed by atoms with Gasteiger partial charge in [-0.05, 0) is 74.6 Å². The van der Waals surface area contributed by atoms with Crippen molar-refractivity contribution in [3.63, 3.8) is 0 Å². The minimum atomic E-state index is -1.87. The predicted octanol–water partition coefficient (Wildman–Crippen LogP) is 2.16. The van der Waals surface area contributed by atoms with Crippen molar-refractivity contribution in [2.75, 3.05) is 27.3 Å². The van der Waals surface area contributed by atoms with Crippen LogP contribution in [0.3, 0.4) is 0 Å². The highest BCUT2D eigenvalue weighted by atomic mass is 16.8. The SMILES string of the molecule is CNC(=O)[C@@](C)(C(=O)NOC1CCCCO1)N(C)C(=O)c1ccc(C#Cc2ccc(CCCO)cc2)cc1. The number of likely N-dealkylation sites (N-methyl/N-ethyl adjacent to an activating group) is 2. The van der Waals surface area contributed by atoms with E-state index in [9.17, 15) is 14.4 Å². The Balaban J connectivity index is 1.69. The summed E-state index contributed by atoms with van der Waals surface area (Å²) in [5, 5.41) is 11.4. The number of carbonyl (C=O) groups excluding carboxylic acids is 3. The normalized spacial score (nSPS) is 16.4. The van der Waals surface area contributed by atoms with Gasteiger partial charge < -0.3 is 20.1 Å². The van der Waals surface area contributed by atoms with Gasteiger partial charge in [0.15, 0.2) is 11.8 Å². The number of hydrogen-bond acceptors (Lipinski definition) is 6. The molecule has 2 aromatic rings. The fraction of sp³-hybridized carbons (Fsp3) is 0.414. The van der Waals surface area contributed by atoms with Gasteiger partial charge in [-0.3, -0.25) is 14.4 Å². The number of hydroxylamine groups is 1. The molecule has 1 heterocycles. The summed E-state index contributed by atoms with van der Waals surface area (Å²) < 4.78 is 5.45. The molecule has 3 N–H and O–H groups in total. The molecular weight excluding hydrogens is 486 g/mol. The third-order valence-corrected chi connectivity index (χ3v) is 6.57. The second kappa shape index (κ2) is 13.7. The van der Waals surface area contributed by atoms with Gasteiger partial charge in [0, 0.05) is 50.4 Å². The lowest BCUT2D eigenvalue weighted by molar-refractivity contribution is -0.204. The second-order valence-electron chi connectivity index (χ2n) is 9.21. The van der Waals surface area contributed by atoms with Crippen molar-refractivity contribution < 1.29 is 29.1 Å². The number of amides is 3. The lowest BCUT2D eigenvalue weighted by atomic mass is 9.96. The van der Waals surface area contributed by atoms with Crippen LogP contribution >= 0.6 is 0 Å². The van der Waals surface area contributed by atoms with Crippen LogP contribution in [0.5, 0.6) is 0 Å². The van der Waals surface area contributed by atoms with Crippen LogP contribution < -0.4 is 10.8 Å². The zero-order valence-corrected chi connectivity index (χ0v) is 22.1. The van der Waals surface area contributed by atoms with E-state index >= 15 is 0 Å². The highest BCUT2D eigenvalue weighted by molar-refractivity contribution is 6.12. The monoisotopic (exact) mass is 521 g/mol. The predicted molar refractivity (Wildman–Crippen MR) is 142 cm³/mol. The van der Waals surface area contributed by atoms with Crippen LogP contribution in [0.1, 0.15) is 59.7 Å². The third kappa shape index (κ3) is 7.19. The molecule has 1 saturated heterocycles. The van der Waals surface area contributed by atoms with Gasteiger partial charge in [0.2, 0.25) is 0 Å². The van der Waals surface area contributed by atoms with E-state index in [1.54, 1.807) is 24.3 Å². The standard InChI is InChI=1S/C29H35N3O6/c1-29(27(35)30-2,28(36)31-38-25-8-4-5-20-37-25)32(3)26(34)24-17-15-23(16-18-24)14-13-22-11-9-21(10-12-22)7-6-19-33/h9-12,15-18,25,33H,4-8,19-20H2,1-3H3,(H,30,35)(H,31,36)/t25?,29-/m0/s1. The molecule has 1 fully saturated rings. The third-order valence-electron chi connectivity index (χ3n) is 6.57. The number of aliphatic hydroxyl groups excluding tert-OH is 1. The molecule has 1 aliphatic rings. The molecule has 2 atom stereocenters. The molecule has 2 aromatic carbocycles. The fourth-order valence-electron chi connectivity index (χ4n) is 3.95. The minimum Gasteiger partial charge on any atom is -0.396 e. The Bertz CT molecular complexity index is 1160. The summed E-state index contributed by atoms with van der Waals surface area (Å²) >= 11 is 0. The molecule has 3 rings (SSSR count). The molecule has 0 bridgehead atoms. The molecule has 9 nitrogen and oxygen atoms in total. The maximum Gasteiger partial charge on any atom is 0.279 e. The van der Waals surface area contributed by atoms with Gasteiger partial charge >= 0.3 is 0 Å². The Kier molecular flexibility index (Phi) is 10.4. The molecule has 0 radical (unpaired) electrons. The van der Waals surface area contributed by atoms with Gasteiger partial charge in [-0.1, -0.05) is 24.0 Å². The summed E-state index contributed by atoms with van der Waals surface area (Å²) in [6.45, 7) is 2.06. The number of nitrogens with zero attached hydrogens (tertiary/aromatic N) is 1. The Hall–Kier alpha value is -3.71. The van der Waals surface area contributed by atoms with Crippen LogP contribution in [0.25, 0.3) is 0 Å². The van der Waals surface area contributed by atoms with Crippen molar-refractivity contribution >= 4 is 17.7 Å². The van der Waals surface area contributed by atoms with Crippen molar-refractivity contribution in [1.29, 1.82) is 0 Å². The molecule has 1 unspecified atom stereocenters. The Labute approximate surface area is 223 Å². The molecule has 1 aliphatic heterocycles. The summed E-state index contributed by atoms with van der Waals surface area (Å²) in [5.41, 5.74) is 3.43. The largest absolute Gasteiger partial charge is 0.396 e. The van der Waals surface area contributed by atoms with Crippen molar-refractivity contribution in [2.24, 2.45) is 0 Å². The van der Waals surface area contributed by atoms with Crippen LogP contribution in [0.2, 0.25) is 0 Å². The highest BCUT2D eigenvalue weighted by Crippen LogP contribution is 2.20. The summed E-state index contributed by atoms with van der Waals surface area (Å²) in [7, 11) is 2.79. The number of aliphatic hydroxyl groups is 1. The quantitative estimate of drug-likeness (QED) is 0.265. The van der Waals surface area contributed by atoms with Crippen LogP contribution in [0, 0.1) is 11.8 Å². The topological polar surface area (TPSA) is 117 Å². The molecule has 0 aromatic heterocycles. The molecule has 38 heavy (non-hydrogen) atoms. The first-order chi connectivity index (χ1) is 18.3. The van der Waals surface area contributed by atoms with Gasteiger partial charge in [-0.2, -0.15) is 0 Å². The molecule has 3 amide bonds. The van der Waals surface area contributed by atoms with E-state index in [-0.39, 0.29) is 6.61 Å². The zero-order chi connectivity index (χ0) is 27.5. The Morgan fingerprint density at radius 2 is 1.68 bits per heavy atom. The van der Waals surface area contributed by atoms with E-state index in [0.717, 1.165) is 41.7 Å². The molecular formula is C29H35N3O6. The summed E-state index contributed by atoms with van der Waals surface area (Å²) in [6.07, 6.45) is 3.39. The summed E-state index contributed by atoms with van der Waals surface area (Å²) in [6, 6.07) is 14.5. The van der Waals surface area contributed by atoms with Gasteiger partial charge in [0.1, 0.15) is 0 Å². The highest BCUT2D eigenvalue weighted by Gasteiger charge is 2.47. The lowest BCUT2D eigenvalue weighted by Gasteiger charge is -2.36. The molecule has 0 aliphatic carbocycles. The number of ether oxygens (including phenoxy) is 1. The smallest absolute Gasteiger partial charge is 0.279 e. The minimum absolute atomic E-state index is 0.165. The number of rotatable bonds is 9. The van der Waals surface area contributed by atoms with E-state index in [1.807, 2.05) is 24.3 Å². The maximum atomic E-state index is 13.3. The van der Waals surface area contributed by atoms with Crippen molar-refractivity contribution in [1.82, 2.24) is 15.7 Å². The van der Waals surface area contributed by atoms with Gasteiger partial charge in [0.25, 0.3) is 17.7 Å². The maximum absolute atomic E-state index is 13.3. The fourth-order valence-corrected chi connectivity index (χ4v) is 3.95. The van der Waals surface area contributed by atoms with E-state index in [2.05, 4.69) is 22.6 Å². The molecule has 0 saturated carbocycles. The zero-order valence-electron chi connectivity index (χ0n) is 22.1. The number of aryl methyl sites for hydroxylation is 1. The van der Waals surface area contributed by atoms with E-state index in [0.29, 0.717) is 24.2 Å². The van der Waals surface area contributed by atoms with Crippen LogP contribution in [0.15, 0.2) is 48.5 Å². The number of hydrogen-bond donors (Lipinski definition) is 3. The van der Waals surface area contributed by atoms with E-state index in [1.165, 1.54) is 21.0 Å². The Morgan fingerprint density at radius 3 is 2.24 bits per heavy atom. The summed E-state index contributed by atoms with van der Waals surface area (Å²) in [4.78, 5) is 45.5. The first-order valence-electron chi connectivity index (χ1n) is 12.7. The van der Waals surface area contributed by atoms with Crippen molar-refractivity contribution in [3.05, 3.63) is 70.8 Å². The molecule has 202 valence electrons. The van der Waals surface area contributed by atoms with E-state index < -0.39 is 29.6 Å². The Morgan fingerprint density at radius 1 is 1.05 bits per heavy atom. The summed E-state index contributed by atoms with van der Waals surface area (Å²) in [5.74, 6) is 4.20. The first kappa shape index (κ1) is 28.9. The number of carbonyl (C=O) groups is 3. The van der Waals surface area contributed by atoms with Crippen LogP contribution in [0.4, 0.5) is 0 Å². The molecule has 0 spiro atoms. The average Bonchev–Trinajstić information content (AvgIpc) is 2.97. The number of benzene rings is 2. The van der Waals surface area contributed by atoms with Crippen LogP contribution in [-0.2, 0) is 25.6 Å². The van der Waals surface area contributed by atoms with Crippen molar-refractivity contribution in [2.45, 2.75) is 50.9 Å². The van der Waals surface area contributed by atoms with Gasteiger partial charge in [0.05, 0.1) is 0 Å². The van der Waals surface area contributed by atoms with Crippen molar-refractivity contribution in [3.8, 4) is 11.8 Å².